The van der Waals surface area contributed by atoms with Crippen LogP contribution in [-0.2, 0) is 4.79 Å². The summed E-state index contributed by atoms with van der Waals surface area (Å²) in [7, 11) is 0. The Bertz CT molecular complexity index is 142. The van der Waals surface area contributed by atoms with Crippen LogP contribution in [0.25, 0.3) is 0 Å². The molecule has 0 aromatic carbocycles. The highest BCUT2D eigenvalue weighted by molar-refractivity contribution is 5.72. The topological polar surface area (TPSA) is 130 Å². The van der Waals surface area contributed by atoms with Crippen LogP contribution in [0.5, 0.6) is 0 Å². The lowest BCUT2D eigenvalue weighted by Crippen LogP contribution is -2.41. The first-order valence-corrected chi connectivity index (χ1v) is 3.05. The van der Waals surface area contributed by atoms with E-state index in [-0.39, 0.29) is 12.8 Å². The van der Waals surface area contributed by atoms with Gasteiger partial charge in [0.1, 0.15) is 6.04 Å². The van der Waals surface area contributed by atoms with Crippen molar-refractivity contribution in [3.63, 3.8) is 0 Å². The van der Waals surface area contributed by atoms with E-state index in [0.717, 1.165) is 0 Å². The normalized spacial score (nSPS) is 14.5. The Morgan fingerprint density at radius 3 is 2.27 bits per heavy atom. The molecule has 0 aliphatic rings. The first-order valence-electron chi connectivity index (χ1n) is 3.05. The summed E-state index contributed by atoms with van der Waals surface area (Å²) in [5.74, 6) is -3.51. The van der Waals surface area contributed by atoms with Gasteiger partial charge in [-0.1, -0.05) is 0 Å². The SMILES string of the molecule is N[C@H](CCC(N)(O)O)C(=O)O. The van der Waals surface area contributed by atoms with Gasteiger partial charge < -0.3 is 21.1 Å². The van der Waals surface area contributed by atoms with Gasteiger partial charge in [-0.25, -0.2) is 0 Å². The predicted molar refractivity (Wildman–Crippen MR) is 36.2 cm³/mol. The summed E-state index contributed by atoms with van der Waals surface area (Å²) in [6.45, 7) is 0. The summed E-state index contributed by atoms with van der Waals surface area (Å²) in [6.07, 6.45) is -0.334. The van der Waals surface area contributed by atoms with Crippen LogP contribution in [0.1, 0.15) is 12.8 Å². The molecule has 0 saturated carbocycles. The van der Waals surface area contributed by atoms with Crippen molar-refractivity contribution in [3.05, 3.63) is 0 Å². The third-order valence-corrected chi connectivity index (χ3v) is 1.14. The molecule has 0 bridgehead atoms. The molecule has 0 radical (unpaired) electrons. The minimum atomic E-state index is -2.33. The van der Waals surface area contributed by atoms with Crippen LogP contribution in [-0.4, -0.2) is 33.2 Å². The minimum Gasteiger partial charge on any atom is -0.480 e. The monoisotopic (exact) mass is 164 g/mol. The Kier molecular flexibility index (Phi) is 3.40. The van der Waals surface area contributed by atoms with Crippen LogP contribution < -0.4 is 11.5 Å². The van der Waals surface area contributed by atoms with E-state index in [1.807, 2.05) is 0 Å². The third kappa shape index (κ3) is 5.74. The molecule has 6 heteroatoms. The highest BCUT2D eigenvalue weighted by Crippen LogP contribution is 2.03. The lowest BCUT2D eigenvalue weighted by molar-refractivity contribution is -0.162. The second-order valence-corrected chi connectivity index (χ2v) is 2.36. The largest absolute Gasteiger partial charge is 0.480 e. The average Bonchev–Trinajstić information content (AvgIpc) is 1.80. The van der Waals surface area contributed by atoms with Crippen molar-refractivity contribution in [2.45, 2.75) is 24.8 Å². The van der Waals surface area contributed by atoms with Crippen molar-refractivity contribution in [2.75, 3.05) is 0 Å². The zero-order valence-corrected chi connectivity index (χ0v) is 5.90. The van der Waals surface area contributed by atoms with E-state index in [9.17, 15) is 4.79 Å². The molecule has 0 aromatic heterocycles. The summed E-state index contributed by atoms with van der Waals surface area (Å²) in [6, 6.07) is -1.10. The maximum atomic E-state index is 10.1. The lowest BCUT2D eigenvalue weighted by Gasteiger charge is -2.16. The van der Waals surface area contributed by atoms with E-state index in [0.29, 0.717) is 0 Å². The van der Waals surface area contributed by atoms with Gasteiger partial charge >= 0.3 is 5.97 Å². The van der Waals surface area contributed by atoms with Crippen molar-refractivity contribution in [3.8, 4) is 0 Å². The van der Waals surface area contributed by atoms with Crippen molar-refractivity contribution in [1.82, 2.24) is 0 Å². The van der Waals surface area contributed by atoms with Gasteiger partial charge in [0, 0.05) is 6.42 Å². The number of carboxylic acid groups (broad SMARTS) is 1. The van der Waals surface area contributed by atoms with Crippen LogP contribution in [0.15, 0.2) is 0 Å². The molecule has 0 heterocycles. The van der Waals surface area contributed by atoms with Crippen LogP contribution in [0.3, 0.4) is 0 Å². The molecular weight excluding hydrogens is 152 g/mol. The fourth-order valence-electron chi connectivity index (χ4n) is 0.491. The van der Waals surface area contributed by atoms with Crippen LogP contribution in [0, 0.1) is 0 Å². The molecule has 0 aliphatic heterocycles. The van der Waals surface area contributed by atoms with Gasteiger partial charge in [0.2, 0.25) is 5.91 Å². The fourth-order valence-corrected chi connectivity index (χ4v) is 0.491. The highest BCUT2D eigenvalue weighted by Gasteiger charge is 2.20. The summed E-state index contributed by atoms with van der Waals surface area (Å²) in [5, 5.41) is 25.3. The number of hydrogen-bond acceptors (Lipinski definition) is 5. The molecule has 0 amide bonds. The molecule has 6 nitrogen and oxygen atoms in total. The number of rotatable bonds is 4. The number of carboxylic acids is 1. The Morgan fingerprint density at radius 1 is 1.55 bits per heavy atom. The number of carbonyl (C=O) groups is 1. The Hall–Kier alpha value is -0.690. The zero-order chi connectivity index (χ0) is 9.07. The van der Waals surface area contributed by atoms with Crippen LogP contribution >= 0.6 is 0 Å². The smallest absolute Gasteiger partial charge is 0.320 e. The summed E-state index contributed by atoms with van der Waals surface area (Å²) < 4.78 is 0. The van der Waals surface area contributed by atoms with Crippen LogP contribution in [0.2, 0.25) is 0 Å². The fraction of sp³-hybridized carbons (Fsp3) is 0.800. The van der Waals surface area contributed by atoms with Gasteiger partial charge in [0.05, 0.1) is 0 Å². The standard InChI is InChI=1S/C5H12N2O4/c6-3(4(8)9)1-2-5(7,10)11/h3,10-11H,1-2,6-7H2,(H,8,9)/t3-/m1/s1. The van der Waals surface area contributed by atoms with Gasteiger partial charge in [-0.05, 0) is 6.42 Å². The summed E-state index contributed by atoms with van der Waals surface area (Å²) >= 11 is 0. The minimum absolute atomic E-state index is 0.0706. The average molecular weight is 164 g/mol. The molecule has 0 aromatic rings. The zero-order valence-electron chi connectivity index (χ0n) is 5.90. The molecule has 0 unspecified atom stereocenters. The lowest BCUT2D eigenvalue weighted by atomic mass is 10.1. The Balaban J connectivity index is 3.63. The molecule has 66 valence electrons. The van der Waals surface area contributed by atoms with E-state index in [1.54, 1.807) is 0 Å². The van der Waals surface area contributed by atoms with Gasteiger partial charge in [0.15, 0.2) is 0 Å². The van der Waals surface area contributed by atoms with Gasteiger partial charge in [-0.15, -0.1) is 0 Å². The van der Waals surface area contributed by atoms with E-state index in [4.69, 9.17) is 26.8 Å². The second-order valence-electron chi connectivity index (χ2n) is 2.36. The van der Waals surface area contributed by atoms with Crippen molar-refractivity contribution in [2.24, 2.45) is 11.5 Å². The maximum absolute atomic E-state index is 10.1. The third-order valence-electron chi connectivity index (χ3n) is 1.14. The molecule has 0 saturated heterocycles. The van der Waals surface area contributed by atoms with Gasteiger partial charge in [-0.2, -0.15) is 0 Å². The first kappa shape index (κ1) is 10.3. The van der Waals surface area contributed by atoms with Gasteiger partial charge in [-0.3, -0.25) is 10.5 Å². The van der Waals surface area contributed by atoms with Crippen molar-refractivity contribution < 1.29 is 20.1 Å². The molecule has 0 aliphatic carbocycles. The quantitative estimate of drug-likeness (QED) is 0.299. The van der Waals surface area contributed by atoms with Gasteiger partial charge in [0.25, 0.3) is 0 Å². The second kappa shape index (κ2) is 3.63. The van der Waals surface area contributed by atoms with E-state index < -0.39 is 17.9 Å². The molecule has 7 N–H and O–H groups in total. The number of hydrogen-bond donors (Lipinski definition) is 5. The molecule has 0 rings (SSSR count). The van der Waals surface area contributed by atoms with E-state index in [1.165, 1.54) is 0 Å². The van der Waals surface area contributed by atoms with Crippen LogP contribution in [0.4, 0.5) is 0 Å². The molecule has 11 heavy (non-hydrogen) atoms. The van der Waals surface area contributed by atoms with E-state index >= 15 is 0 Å². The first-order chi connectivity index (χ1) is 4.83. The number of aliphatic carboxylic acids is 1. The molecule has 0 spiro atoms. The maximum Gasteiger partial charge on any atom is 0.320 e. The predicted octanol–water partition coefficient (Wildman–Crippen LogP) is -2.22. The summed E-state index contributed by atoms with van der Waals surface area (Å²) in [4.78, 5) is 10.1. The molecule has 1 atom stereocenters. The summed E-state index contributed by atoms with van der Waals surface area (Å²) in [5.41, 5.74) is 9.79. The van der Waals surface area contributed by atoms with Crippen molar-refractivity contribution in [1.29, 1.82) is 0 Å². The highest BCUT2D eigenvalue weighted by atomic mass is 16.5. The van der Waals surface area contributed by atoms with Crippen molar-refractivity contribution >= 4 is 5.97 Å². The Morgan fingerprint density at radius 2 is 2.00 bits per heavy atom. The number of nitrogens with two attached hydrogens (primary N) is 2. The van der Waals surface area contributed by atoms with E-state index in [2.05, 4.69) is 0 Å². The molecule has 0 fully saturated rings. The number of aliphatic hydroxyl groups is 2. The molecular formula is C5H12N2O4. The Labute approximate surface area is 63.4 Å².